The first-order chi connectivity index (χ1) is 5.30. The molecule has 0 nitrogen and oxygen atoms in total. The summed E-state index contributed by atoms with van der Waals surface area (Å²) in [5.74, 6) is 0.841. The van der Waals surface area contributed by atoms with Gasteiger partial charge in [-0.05, 0) is 36.0 Å². The first kappa shape index (κ1) is 9.51. The fourth-order valence-corrected chi connectivity index (χ4v) is 4.68. The molecule has 70 valence electrons. The highest BCUT2D eigenvalue weighted by Gasteiger charge is 2.73. The highest BCUT2D eigenvalue weighted by molar-refractivity contribution is 9.25. The van der Waals surface area contributed by atoms with Crippen LogP contribution in [0.3, 0.4) is 0 Å². The summed E-state index contributed by atoms with van der Waals surface area (Å²) in [6.07, 6.45) is 4.10. The summed E-state index contributed by atoms with van der Waals surface area (Å²) in [7, 11) is 0. The third kappa shape index (κ3) is 1.06. The number of hydrogen-bond donors (Lipinski definition) is 0. The lowest BCUT2D eigenvalue weighted by atomic mass is 9.74. The van der Waals surface area contributed by atoms with E-state index in [9.17, 15) is 0 Å². The third-order valence-corrected chi connectivity index (χ3v) is 6.88. The van der Waals surface area contributed by atoms with E-state index < -0.39 is 0 Å². The molecule has 0 amide bonds. The molecule has 0 unspecified atom stereocenters. The molecular formula is C10H16Br2. The summed E-state index contributed by atoms with van der Waals surface area (Å²) in [5, 5.41) is 0. The molecule has 0 aliphatic heterocycles. The molecule has 0 aromatic heterocycles. The minimum absolute atomic E-state index is 0.265. The van der Waals surface area contributed by atoms with E-state index in [1.54, 1.807) is 0 Å². The van der Waals surface area contributed by atoms with Gasteiger partial charge < -0.3 is 0 Å². The average molecular weight is 296 g/mol. The van der Waals surface area contributed by atoms with Gasteiger partial charge in [-0.25, -0.2) is 0 Å². The van der Waals surface area contributed by atoms with Crippen LogP contribution in [0.25, 0.3) is 0 Å². The van der Waals surface area contributed by atoms with Gasteiger partial charge in [-0.1, -0.05) is 52.6 Å². The Hall–Kier alpha value is 0.960. The van der Waals surface area contributed by atoms with Crippen molar-refractivity contribution in [1.29, 1.82) is 0 Å². The lowest BCUT2D eigenvalue weighted by Gasteiger charge is -2.31. The van der Waals surface area contributed by atoms with Crippen LogP contribution in [-0.4, -0.2) is 3.23 Å². The topological polar surface area (TPSA) is 0 Å². The monoisotopic (exact) mass is 294 g/mol. The summed E-state index contributed by atoms with van der Waals surface area (Å²) < 4.78 is 0.265. The van der Waals surface area contributed by atoms with E-state index in [0.717, 1.165) is 5.92 Å². The molecule has 0 N–H and O–H groups in total. The molecule has 0 spiro atoms. The van der Waals surface area contributed by atoms with Gasteiger partial charge in [0.1, 0.15) is 0 Å². The fourth-order valence-electron chi connectivity index (χ4n) is 2.62. The van der Waals surface area contributed by atoms with Gasteiger partial charge in [-0.15, -0.1) is 0 Å². The van der Waals surface area contributed by atoms with Gasteiger partial charge in [0.2, 0.25) is 0 Å². The summed E-state index contributed by atoms with van der Waals surface area (Å²) in [6, 6.07) is 0. The highest BCUT2D eigenvalue weighted by Crippen LogP contribution is 2.78. The van der Waals surface area contributed by atoms with Crippen molar-refractivity contribution >= 4 is 31.9 Å². The zero-order chi connectivity index (χ0) is 9.20. The number of halogens is 2. The smallest absolute Gasteiger partial charge is 0.0718 e. The Labute approximate surface area is 91.7 Å². The van der Waals surface area contributed by atoms with E-state index >= 15 is 0 Å². The van der Waals surface area contributed by atoms with Crippen molar-refractivity contribution in [2.75, 3.05) is 0 Å². The lowest BCUT2D eigenvalue weighted by Crippen LogP contribution is -2.20. The van der Waals surface area contributed by atoms with Gasteiger partial charge in [-0.2, -0.15) is 0 Å². The Bertz CT molecular complexity index is 220. The van der Waals surface area contributed by atoms with Crippen molar-refractivity contribution in [2.24, 2.45) is 16.7 Å². The van der Waals surface area contributed by atoms with Crippen molar-refractivity contribution in [3.8, 4) is 0 Å². The number of rotatable bonds is 0. The molecule has 2 rings (SSSR count). The number of alkyl halides is 2. The predicted molar refractivity (Wildman–Crippen MR) is 59.8 cm³/mol. The zero-order valence-corrected chi connectivity index (χ0v) is 11.1. The minimum Gasteiger partial charge on any atom is -0.0718 e. The predicted octanol–water partition coefficient (Wildman–Crippen LogP) is 4.32. The Morgan fingerprint density at radius 3 is 2.08 bits per heavy atom. The molecule has 12 heavy (non-hydrogen) atoms. The first-order valence-electron chi connectivity index (χ1n) is 4.67. The van der Waals surface area contributed by atoms with Crippen LogP contribution in [0, 0.1) is 16.7 Å². The van der Waals surface area contributed by atoms with Crippen LogP contribution >= 0.6 is 31.9 Å². The third-order valence-electron chi connectivity index (χ3n) is 3.96. The van der Waals surface area contributed by atoms with Crippen LogP contribution < -0.4 is 0 Å². The van der Waals surface area contributed by atoms with Gasteiger partial charge in [0.15, 0.2) is 0 Å². The van der Waals surface area contributed by atoms with E-state index in [1.165, 1.54) is 19.3 Å². The van der Waals surface area contributed by atoms with Gasteiger partial charge in [0, 0.05) is 0 Å². The van der Waals surface area contributed by atoms with Crippen molar-refractivity contribution in [3.05, 3.63) is 0 Å². The van der Waals surface area contributed by atoms with Crippen LogP contribution in [0.5, 0.6) is 0 Å². The molecule has 0 heterocycles. The van der Waals surface area contributed by atoms with Crippen molar-refractivity contribution in [1.82, 2.24) is 0 Å². The second kappa shape index (κ2) is 2.31. The van der Waals surface area contributed by atoms with E-state index in [4.69, 9.17) is 0 Å². The molecule has 0 radical (unpaired) electrons. The Morgan fingerprint density at radius 1 is 1.08 bits per heavy atom. The van der Waals surface area contributed by atoms with Crippen LogP contribution in [0.2, 0.25) is 0 Å². The molecular weight excluding hydrogens is 280 g/mol. The molecule has 2 aliphatic carbocycles. The quantitative estimate of drug-likeness (QED) is 0.584. The second-order valence-corrected chi connectivity index (χ2v) is 9.03. The van der Waals surface area contributed by atoms with Gasteiger partial charge in [0.05, 0.1) is 3.23 Å². The average Bonchev–Trinajstić information content (AvgIpc) is 2.32. The summed E-state index contributed by atoms with van der Waals surface area (Å²) in [4.78, 5) is 0. The normalized spacial score (nSPS) is 48.2. The molecule has 0 aromatic carbocycles. The zero-order valence-electron chi connectivity index (χ0n) is 7.95. The highest BCUT2D eigenvalue weighted by atomic mass is 79.9. The first-order valence-corrected chi connectivity index (χ1v) is 6.26. The maximum absolute atomic E-state index is 3.80. The molecule has 0 aromatic rings. The van der Waals surface area contributed by atoms with Crippen molar-refractivity contribution in [3.63, 3.8) is 0 Å². The Morgan fingerprint density at radius 2 is 1.67 bits per heavy atom. The Balaban J connectivity index is 2.18. The molecule has 0 bridgehead atoms. The van der Waals surface area contributed by atoms with Crippen LogP contribution in [0.4, 0.5) is 0 Å². The van der Waals surface area contributed by atoms with Gasteiger partial charge in [0.25, 0.3) is 0 Å². The molecule has 2 heteroatoms. The van der Waals surface area contributed by atoms with E-state index in [-0.39, 0.29) is 3.23 Å². The number of hydrogen-bond acceptors (Lipinski definition) is 0. The summed E-state index contributed by atoms with van der Waals surface area (Å²) in [5.41, 5.74) is 1.09. The second-order valence-electron chi connectivity index (χ2n) is 5.46. The molecule has 0 saturated heterocycles. The minimum atomic E-state index is 0.265. The van der Waals surface area contributed by atoms with Gasteiger partial charge in [-0.3, -0.25) is 0 Å². The SMILES string of the molecule is CC1(C)CC[C@@]2(C)[C@@H](C1)C2(Br)Br. The van der Waals surface area contributed by atoms with E-state index in [2.05, 4.69) is 52.6 Å². The summed E-state index contributed by atoms with van der Waals surface area (Å²) >= 11 is 7.61. The Kier molecular flexibility index (Phi) is 1.83. The van der Waals surface area contributed by atoms with Gasteiger partial charge >= 0.3 is 0 Å². The maximum atomic E-state index is 3.80. The van der Waals surface area contributed by atoms with E-state index in [1.807, 2.05) is 0 Å². The van der Waals surface area contributed by atoms with Crippen LogP contribution in [0.15, 0.2) is 0 Å². The van der Waals surface area contributed by atoms with Crippen LogP contribution in [-0.2, 0) is 0 Å². The van der Waals surface area contributed by atoms with Crippen LogP contribution in [0.1, 0.15) is 40.0 Å². The lowest BCUT2D eigenvalue weighted by molar-refractivity contribution is 0.193. The molecule has 2 atom stereocenters. The fraction of sp³-hybridized carbons (Fsp3) is 1.00. The van der Waals surface area contributed by atoms with Crippen molar-refractivity contribution < 1.29 is 0 Å². The number of fused-ring (bicyclic) bond motifs is 1. The van der Waals surface area contributed by atoms with E-state index in [0.29, 0.717) is 10.8 Å². The molecule has 2 aliphatic rings. The largest absolute Gasteiger partial charge is 0.0896 e. The molecule has 2 saturated carbocycles. The maximum Gasteiger partial charge on any atom is 0.0896 e. The standard InChI is InChI=1S/C10H16Br2/c1-8(2)4-5-9(3)7(6-8)10(9,11)12/h7H,4-6H2,1-3H3/t7-,9+/m1/s1. The summed E-state index contributed by atoms with van der Waals surface area (Å²) in [6.45, 7) is 7.18. The van der Waals surface area contributed by atoms with Crippen molar-refractivity contribution in [2.45, 2.75) is 43.3 Å². The molecule has 2 fully saturated rings.